The van der Waals surface area contributed by atoms with Gasteiger partial charge >= 0.3 is 5.97 Å². The summed E-state index contributed by atoms with van der Waals surface area (Å²) in [4.78, 5) is 16.9. The van der Waals surface area contributed by atoms with Crippen LogP contribution in [0.3, 0.4) is 0 Å². The van der Waals surface area contributed by atoms with Gasteiger partial charge in [-0.2, -0.15) is 0 Å². The molecule has 0 aliphatic heterocycles. The number of aliphatic hydroxyl groups is 1. The molecule has 0 saturated heterocycles. The van der Waals surface area contributed by atoms with E-state index in [1.165, 1.54) is 43.8 Å². The van der Waals surface area contributed by atoms with E-state index in [1.807, 2.05) is 6.92 Å². The highest BCUT2D eigenvalue weighted by Crippen LogP contribution is 2.39. The fraction of sp³-hybridized carbons (Fsp3) is 0.235. The van der Waals surface area contributed by atoms with Crippen molar-refractivity contribution in [2.75, 3.05) is 12.4 Å². The molecule has 9 nitrogen and oxygen atoms in total. The number of hydrogen-bond acceptors (Lipinski definition) is 7. The maximum Gasteiger partial charge on any atom is 0.337 e. The topological polar surface area (TPSA) is 131 Å². The van der Waals surface area contributed by atoms with Crippen LogP contribution in [0.5, 0.6) is 5.75 Å². The molecule has 0 atom stereocenters. The molecule has 0 amide bonds. The van der Waals surface area contributed by atoms with Crippen molar-refractivity contribution in [2.45, 2.75) is 49.6 Å². The highest BCUT2D eigenvalue weighted by Gasteiger charge is 2.26. The predicted molar refractivity (Wildman–Crippen MR) is 170 cm³/mol. The quantitative estimate of drug-likeness (QED) is 0.178. The maximum absolute atomic E-state index is 15.6. The predicted octanol–water partition coefficient (Wildman–Crippen LogP) is 6.48. The first kappa shape index (κ1) is 30.3. The molecule has 0 unspecified atom stereocenters. The molecule has 0 bridgehead atoms. The minimum Gasteiger partial charge on any atom is -0.496 e. The lowest BCUT2D eigenvalue weighted by Crippen LogP contribution is -2.29. The Balaban J connectivity index is 1.50. The third kappa shape index (κ3) is 5.76. The summed E-state index contributed by atoms with van der Waals surface area (Å²) in [6.07, 6.45) is 4.79. The molecule has 1 saturated carbocycles. The molecule has 6 rings (SSSR count). The number of aromatic carboxylic acids is 1. The van der Waals surface area contributed by atoms with Crippen LogP contribution in [0, 0.1) is 12.7 Å². The van der Waals surface area contributed by atoms with Crippen LogP contribution in [0.2, 0.25) is 0 Å². The Labute approximate surface area is 260 Å². The zero-order valence-electron chi connectivity index (χ0n) is 24.7. The van der Waals surface area contributed by atoms with E-state index >= 15 is 4.39 Å². The Bertz CT molecular complexity index is 2020. The first-order valence-electron chi connectivity index (χ1n) is 14.6. The molecule has 232 valence electrons. The number of aryl methyl sites for hydroxylation is 1. The number of carbonyl (C=O) groups is 1. The number of anilines is 1. The number of carboxylic acids is 1. The molecule has 45 heavy (non-hydrogen) atoms. The molecule has 3 aromatic carbocycles. The smallest absolute Gasteiger partial charge is 0.337 e. The fourth-order valence-electron chi connectivity index (χ4n) is 5.84. The van der Waals surface area contributed by atoms with Gasteiger partial charge in [0.15, 0.2) is 5.65 Å². The van der Waals surface area contributed by atoms with Crippen molar-refractivity contribution in [1.29, 1.82) is 0 Å². The number of pyridine rings is 1. The van der Waals surface area contributed by atoms with Crippen molar-refractivity contribution in [3.8, 4) is 28.0 Å². The lowest BCUT2D eigenvalue weighted by molar-refractivity contribution is 0.0697. The number of halogens is 1. The molecule has 1 aliphatic carbocycles. The average Bonchev–Trinajstić information content (AvgIpc) is 3.42. The summed E-state index contributed by atoms with van der Waals surface area (Å²) < 4.78 is 50.0. The standard InChI is InChI=1S/C34H32FN3O6S/c1-20-7-13-25(14-8-20)45(42,43)38-19-29(26-5-3-4-6-31(26)44-2)27-16-22(18-36-33(27)38)21-15-28(34(40)41)32(30(35)17-21)37-23-9-11-24(39)12-10-23/h3-8,13-19,23-24,37,39H,9-12H2,1-2H3,(H,40,41). The van der Waals surface area contributed by atoms with Crippen LogP contribution in [0.1, 0.15) is 41.6 Å². The van der Waals surface area contributed by atoms with Crippen LogP contribution in [-0.4, -0.2) is 52.8 Å². The largest absolute Gasteiger partial charge is 0.496 e. The van der Waals surface area contributed by atoms with Gasteiger partial charge in [0.25, 0.3) is 10.0 Å². The summed E-state index contributed by atoms with van der Waals surface area (Å²) in [5, 5.41) is 23.3. The lowest BCUT2D eigenvalue weighted by Gasteiger charge is -2.28. The normalized spacial score (nSPS) is 16.9. The summed E-state index contributed by atoms with van der Waals surface area (Å²) in [6, 6.07) is 17.8. The molecular formula is C34H32FN3O6S. The minimum atomic E-state index is -4.06. The number of fused-ring (bicyclic) bond motifs is 1. The second-order valence-corrected chi connectivity index (χ2v) is 13.1. The lowest BCUT2D eigenvalue weighted by atomic mass is 9.92. The Kier molecular flexibility index (Phi) is 8.07. The third-order valence-electron chi connectivity index (χ3n) is 8.29. The average molecular weight is 630 g/mol. The van der Waals surface area contributed by atoms with Gasteiger partial charge in [-0.25, -0.2) is 26.6 Å². The summed E-state index contributed by atoms with van der Waals surface area (Å²) >= 11 is 0. The van der Waals surface area contributed by atoms with E-state index in [9.17, 15) is 23.4 Å². The number of ether oxygens (including phenoxy) is 1. The highest BCUT2D eigenvalue weighted by atomic mass is 32.2. The number of nitrogens with one attached hydrogen (secondary N) is 1. The molecule has 0 spiro atoms. The first-order valence-corrected chi connectivity index (χ1v) is 16.0. The molecule has 2 heterocycles. The summed E-state index contributed by atoms with van der Waals surface area (Å²) in [7, 11) is -2.54. The van der Waals surface area contributed by atoms with Gasteiger partial charge < -0.3 is 20.3 Å². The van der Waals surface area contributed by atoms with Crippen molar-refractivity contribution in [1.82, 2.24) is 8.96 Å². The number of methoxy groups -OCH3 is 1. The zero-order valence-corrected chi connectivity index (χ0v) is 25.5. The van der Waals surface area contributed by atoms with Gasteiger partial charge in [-0.15, -0.1) is 0 Å². The highest BCUT2D eigenvalue weighted by molar-refractivity contribution is 7.90. The van der Waals surface area contributed by atoms with E-state index in [2.05, 4.69) is 10.3 Å². The van der Waals surface area contributed by atoms with E-state index < -0.39 is 27.9 Å². The second-order valence-electron chi connectivity index (χ2n) is 11.3. The van der Waals surface area contributed by atoms with Crippen LogP contribution >= 0.6 is 0 Å². The van der Waals surface area contributed by atoms with E-state index in [0.29, 0.717) is 53.5 Å². The number of hydrogen-bond donors (Lipinski definition) is 3. The third-order valence-corrected chi connectivity index (χ3v) is 9.95. The number of carboxylic acid groups (broad SMARTS) is 1. The second kappa shape index (κ2) is 12.0. The summed E-state index contributed by atoms with van der Waals surface area (Å²) in [5.74, 6) is -1.52. The van der Waals surface area contributed by atoms with Gasteiger partial charge in [-0.3, -0.25) is 0 Å². The molecule has 11 heteroatoms. The van der Waals surface area contributed by atoms with Gasteiger partial charge in [0, 0.05) is 40.5 Å². The molecule has 1 fully saturated rings. The van der Waals surface area contributed by atoms with Crippen LogP contribution in [-0.2, 0) is 10.0 Å². The summed E-state index contributed by atoms with van der Waals surface area (Å²) in [6.45, 7) is 1.87. The first-order chi connectivity index (χ1) is 21.6. The number of benzene rings is 3. The Hall–Kier alpha value is -4.74. The molecule has 5 aromatic rings. The number of nitrogens with zero attached hydrogens (tertiary/aromatic N) is 2. The molecule has 3 N–H and O–H groups in total. The Morgan fingerprint density at radius 2 is 1.71 bits per heavy atom. The Morgan fingerprint density at radius 1 is 1.00 bits per heavy atom. The van der Waals surface area contributed by atoms with Gasteiger partial charge in [-0.05, 0) is 74.6 Å². The van der Waals surface area contributed by atoms with Crippen molar-refractivity contribution < 1.29 is 32.6 Å². The monoisotopic (exact) mass is 629 g/mol. The van der Waals surface area contributed by atoms with Gasteiger partial charge in [0.2, 0.25) is 0 Å². The van der Waals surface area contributed by atoms with E-state index in [4.69, 9.17) is 4.74 Å². The van der Waals surface area contributed by atoms with E-state index in [-0.39, 0.29) is 33.4 Å². The van der Waals surface area contributed by atoms with Crippen molar-refractivity contribution in [2.24, 2.45) is 0 Å². The van der Waals surface area contributed by atoms with Gasteiger partial charge in [-0.1, -0.05) is 35.9 Å². The number of aliphatic hydroxyl groups excluding tert-OH is 1. The van der Waals surface area contributed by atoms with Crippen LogP contribution < -0.4 is 10.1 Å². The maximum atomic E-state index is 15.6. The fourth-order valence-corrected chi connectivity index (χ4v) is 7.16. The Morgan fingerprint density at radius 3 is 2.40 bits per heavy atom. The molecule has 0 radical (unpaired) electrons. The molecular weight excluding hydrogens is 597 g/mol. The zero-order chi connectivity index (χ0) is 31.9. The van der Waals surface area contributed by atoms with Crippen molar-refractivity contribution >= 4 is 32.7 Å². The number of rotatable bonds is 8. The summed E-state index contributed by atoms with van der Waals surface area (Å²) in [5.41, 5.74) is 2.53. The van der Waals surface area contributed by atoms with Crippen LogP contribution in [0.4, 0.5) is 10.1 Å². The van der Waals surface area contributed by atoms with Crippen LogP contribution in [0.15, 0.2) is 84.0 Å². The molecule has 1 aliphatic rings. The number of para-hydroxylation sites is 1. The van der Waals surface area contributed by atoms with Gasteiger partial charge in [0.05, 0.1) is 29.4 Å². The molecule has 2 aromatic heterocycles. The SMILES string of the molecule is COc1ccccc1-c1cn(S(=O)(=O)c2ccc(C)cc2)c2ncc(-c3cc(F)c(NC4CCC(O)CC4)c(C(=O)O)c3)cc12. The van der Waals surface area contributed by atoms with Crippen molar-refractivity contribution in [3.63, 3.8) is 0 Å². The minimum absolute atomic E-state index is 0.0891. The van der Waals surface area contributed by atoms with Crippen LogP contribution in [0.25, 0.3) is 33.3 Å². The van der Waals surface area contributed by atoms with E-state index in [1.54, 1.807) is 42.5 Å². The van der Waals surface area contributed by atoms with E-state index in [0.717, 1.165) is 9.54 Å². The number of aromatic nitrogens is 2. The van der Waals surface area contributed by atoms with Crippen molar-refractivity contribution in [3.05, 3.63) is 96.1 Å². The van der Waals surface area contributed by atoms with Gasteiger partial charge in [0.1, 0.15) is 11.6 Å².